The lowest BCUT2D eigenvalue weighted by molar-refractivity contribution is 1.21. The van der Waals surface area contributed by atoms with Crippen molar-refractivity contribution >= 4 is 21.8 Å². The summed E-state index contributed by atoms with van der Waals surface area (Å²) in [6.07, 6.45) is 0. The lowest BCUT2D eigenvalue weighted by Gasteiger charge is -2.12. The molecule has 2 heterocycles. The van der Waals surface area contributed by atoms with E-state index in [1.165, 1.54) is 11.1 Å². The summed E-state index contributed by atoms with van der Waals surface area (Å²) >= 11 is 0. The van der Waals surface area contributed by atoms with Crippen molar-refractivity contribution in [2.24, 2.45) is 0 Å². The fraction of sp³-hybridized carbons (Fsp3) is 0. The van der Waals surface area contributed by atoms with Crippen LogP contribution in [0.1, 0.15) is 0 Å². The van der Waals surface area contributed by atoms with E-state index in [4.69, 9.17) is 19.9 Å². The molecule has 9 rings (SSSR count). The number of para-hydroxylation sites is 2. The average molecular weight is 639 g/mol. The number of aromatic nitrogens is 4. The van der Waals surface area contributed by atoms with Crippen molar-refractivity contribution in [3.05, 3.63) is 182 Å². The van der Waals surface area contributed by atoms with Crippen molar-refractivity contribution < 1.29 is 0 Å². The van der Waals surface area contributed by atoms with E-state index in [2.05, 4.69) is 121 Å². The molecule has 50 heavy (non-hydrogen) atoms. The third-order valence-corrected chi connectivity index (χ3v) is 9.07. The SMILES string of the molecule is c1ccc(-c2cccc(-c3cccc(-c4nc(-c5cccc(-c6nc(-c7ccccc7)c7ccccc7n6)c5)nc5ccccc45)c3)c2)cc1. The van der Waals surface area contributed by atoms with Gasteiger partial charge in [-0.05, 0) is 52.6 Å². The minimum atomic E-state index is 0.654. The quantitative estimate of drug-likeness (QED) is 0.182. The second kappa shape index (κ2) is 12.7. The van der Waals surface area contributed by atoms with Crippen LogP contribution in [0.4, 0.5) is 0 Å². The highest BCUT2D eigenvalue weighted by Crippen LogP contribution is 2.35. The fourth-order valence-electron chi connectivity index (χ4n) is 6.60. The lowest BCUT2D eigenvalue weighted by atomic mass is 9.96. The number of hydrogen-bond donors (Lipinski definition) is 0. The second-order valence-corrected chi connectivity index (χ2v) is 12.3. The first kappa shape index (κ1) is 29.4. The normalized spacial score (nSPS) is 11.2. The summed E-state index contributed by atoms with van der Waals surface area (Å²) < 4.78 is 0. The van der Waals surface area contributed by atoms with E-state index >= 15 is 0 Å². The summed E-state index contributed by atoms with van der Waals surface area (Å²) in [5, 5.41) is 2.03. The lowest BCUT2D eigenvalue weighted by Crippen LogP contribution is -1.97. The Hall–Kier alpha value is -6.78. The third kappa shape index (κ3) is 5.59. The van der Waals surface area contributed by atoms with E-state index in [9.17, 15) is 0 Å². The van der Waals surface area contributed by atoms with Gasteiger partial charge in [-0.15, -0.1) is 0 Å². The molecule has 0 bridgehead atoms. The van der Waals surface area contributed by atoms with Crippen molar-refractivity contribution in [3.63, 3.8) is 0 Å². The number of hydrogen-bond acceptors (Lipinski definition) is 4. The van der Waals surface area contributed by atoms with Crippen molar-refractivity contribution in [1.82, 2.24) is 19.9 Å². The molecule has 0 atom stereocenters. The Labute approximate surface area is 290 Å². The standard InChI is InChI=1S/C46H30N4/c1-3-14-31(15-4-1)33-18-11-19-34(28-33)35-20-12-21-36(29-35)44-40-25-8-10-27-42(40)48-46(50-44)38-23-13-22-37(30-38)45-47-41-26-9-7-24-39(41)43(49-45)32-16-5-2-6-17-32/h1-30H. The first-order chi connectivity index (χ1) is 24.8. The van der Waals surface area contributed by atoms with Crippen LogP contribution < -0.4 is 0 Å². The molecule has 0 fully saturated rings. The number of benzene rings is 7. The zero-order valence-electron chi connectivity index (χ0n) is 27.1. The molecule has 4 nitrogen and oxygen atoms in total. The predicted molar refractivity (Wildman–Crippen MR) is 205 cm³/mol. The molecule has 0 N–H and O–H groups in total. The maximum absolute atomic E-state index is 5.24. The van der Waals surface area contributed by atoms with Gasteiger partial charge in [0.2, 0.25) is 0 Å². The van der Waals surface area contributed by atoms with E-state index < -0.39 is 0 Å². The Morgan fingerprint density at radius 2 is 0.600 bits per heavy atom. The molecule has 0 unspecified atom stereocenters. The fourth-order valence-corrected chi connectivity index (χ4v) is 6.60. The van der Waals surface area contributed by atoms with Gasteiger partial charge in [0.1, 0.15) is 0 Å². The van der Waals surface area contributed by atoms with Gasteiger partial charge in [0.25, 0.3) is 0 Å². The minimum Gasteiger partial charge on any atom is -0.228 e. The number of rotatable bonds is 6. The Morgan fingerprint density at radius 3 is 1.16 bits per heavy atom. The van der Waals surface area contributed by atoms with Crippen LogP contribution in [-0.4, -0.2) is 19.9 Å². The van der Waals surface area contributed by atoms with Gasteiger partial charge in [-0.3, -0.25) is 0 Å². The van der Waals surface area contributed by atoms with Gasteiger partial charge in [0.05, 0.1) is 22.4 Å². The summed E-state index contributed by atoms with van der Waals surface area (Å²) in [6.45, 7) is 0. The van der Waals surface area contributed by atoms with Crippen LogP contribution in [0.5, 0.6) is 0 Å². The molecule has 0 radical (unpaired) electrons. The van der Waals surface area contributed by atoms with E-state index in [1.54, 1.807) is 0 Å². The van der Waals surface area contributed by atoms with Crippen molar-refractivity contribution in [1.29, 1.82) is 0 Å². The Bertz CT molecular complexity index is 2650. The van der Waals surface area contributed by atoms with Crippen LogP contribution in [0.3, 0.4) is 0 Å². The maximum atomic E-state index is 5.24. The van der Waals surface area contributed by atoms with Crippen LogP contribution in [0, 0.1) is 0 Å². The first-order valence-electron chi connectivity index (χ1n) is 16.7. The van der Waals surface area contributed by atoms with Crippen molar-refractivity contribution in [3.8, 4) is 67.5 Å². The molecule has 0 aliphatic heterocycles. The van der Waals surface area contributed by atoms with Crippen LogP contribution >= 0.6 is 0 Å². The third-order valence-electron chi connectivity index (χ3n) is 9.07. The van der Waals surface area contributed by atoms with E-state index in [1.807, 2.05) is 60.7 Å². The van der Waals surface area contributed by atoms with Gasteiger partial charge in [0, 0.05) is 33.0 Å². The summed E-state index contributed by atoms with van der Waals surface area (Å²) in [5.74, 6) is 1.32. The molecule has 9 aromatic rings. The molecule has 7 aromatic carbocycles. The Kier molecular flexibility index (Phi) is 7.45. The van der Waals surface area contributed by atoms with Crippen molar-refractivity contribution in [2.75, 3.05) is 0 Å². The van der Waals surface area contributed by atoms with Gasteiger partial charge >= 0.3 is 0 Å². The van der Waals surface area contributed by atoms with Crippen molar-refractivity contribution in [2.45, 2.75) is 0 Å². The molecular weight excluding hydrogens is 609 g/mol. The highest BCUT2D eigenvalue weighted by atomic mass is 14.9. The van der Waals surface area contributed by atoms with Gasteiger partial charge in [-0.1, -0.05) is 152 Å². The zero-order valence-corrected chi connectivity index (χ0v) is 27.1. The Balaban J connectivity index is 1.14. The predicted octanol–water partition coefficient (Wildman–Crippen LogP) is 11.6. The molecule has 234 valence electrons. The van der Waals surface area contributed by atoms with Crippen LogP contribution in [0.15, 0.2) is 182 Å². The van der Waals surface area contributed by atoms with E-state index in [0.29, 0.717) is 11.6 Å². The monoisotopic (exact) mass is 638 g/mol. The highest BCUT2D eigenvalue weighted by molar-refractivity contribution is 5.95. The molecular formula is C46H30N4. The smallest absolute Gasteiger partial charge is 0.160 e. The number of fused-ring (bicyclic) bond motifs is 2. The van der Waals surface area contributed by atoms with E-state index in [0.717, 1.165) is 66.6 Å². The van der Waals surface area contributed by atoms with Gasteiger partial charge in [-0.25, -0.2) is 19.9 Å². The maximum Gasteiger partial charge on any atom is 0.160 e. The van der Waals surface area contributed by atoms with Crippen LogP contribution in [0.25, 0.3) is 89.4 Å². The van der Waals surface area contributed by atoms with Crippen LogP contribution in [-0.2, 0) is 0 Å². The summed E-state index contributed by atoms with van der Waals surface area (Å²) in [5.41, 5.74) is 12.2. The largest absolute Gasteiger partial charge is 0.228 e. The van der Waals surface area contributed by atoms with Crippen LogP contribution in [0.2, 0.25) is 0 Å². The molecule has 0 spiro atoms. The summed E-state index contributed by atoms with van der Waals surface area (Å²) in [7, 11) is 0. The first-order valence-corrected chi connectivity index (χ1v) is 16.7. The molecule has 0 amide bonds. The highest BCUT2D eigenvalue weighted by Gasteiger charge is 2.15. The molecule has 0 aliphatic carbocycles. The van der Waals surface area contributed by atoms with Gasteiger partial charge in [-0.2, -0.15) is 0 Å². The summed E-state index contributed by atoms with van der Waals surface area (Å²) in [6, 6.07) is 62.7. The molecule has 0 aliphatic rings. The molecule has 0 saturated heterocycles. The molecule has 0 saturated carbocycles. The Morgan fingerprint density at radius 1 is 0.240 bits per heavy atom. The van der Waals surface area contributed by atoms with Gasteiger partial charge < -0.3 is 0 Å². The summed E-state index contributed by atoms with van der Waals surface area (Å²) in [4.78, 5) is 20.4. The minimum absolute atomic E-state index is 0.654. The second-order valence-electron chi connectivity index (χ2n) is 12.3. The number of nitrogens with zero attached hydrogens (tertiary/aromatic N) is 4. The average Bonchev–Trinajstić information content (AvgIpc) is 3.21. The van der Waals surface area contributed by atoms with E-state index in [-0.39, 0.29) is 0 Å². The molecule has 4 heteroatoms. The van der Waals surface area contributed by atoms with Gasteiger partial charge in [0.15, 0.2) is 11.6 Å². The zero-order chi connectivity index (χ0) is 33.3. The topological polar surface area (TPSA) is 51.6 Å². The molecule has 2 aromatic heterocycles.